The van der Waals surface area contributed by atoms with Gasteiger partial charge in [-0.25, -0.2) is 4.98 Å². The van der Waals surface area contributed by atoms with E-state index in [0.29, 0.717) is 0 Å². The van der Waals surface area contributed by atoms with Crippen LogP contribution in [0.25, 0.3) is 11.3 Å². The Morgan fingerprint density at radius 2 is 2.24 bits per heavy atom. The summed E-state index contributed by atoms with van der Waals surface area (Å²) >= 11 is 7.74. The molecule has 2 rings (SSSR count). The van der Waals surface area contributed by atoms with Crippen molar-refractivity contribution in [1.82, 2.24) is 10.3 Å². The van der Waals surface area contributed by atoms with Gasteiger partial charge in [-0.15, -0.1) is 11.3 Å². The van der Waals surface area contributed by atoms with Crippen LogP contribution >= 0.6 is 22.9 Å². The topological polar surface area (TPSA) is 24.9 Å². The summed E-state index contributed by atoms with van der Waals surface area (Å²) in [6.45, 7) is 6.00. The molecule has 0 radical (unpaired) electrons. The first kappa shape index (κ1) is 12.6. The third-order valence-corrected chi connectivity index (χ3v) is 3.67. The van der Waals surface area contributed by atoms with Gasteiger partial charge in [0.15, 0.2) is 0 Å². The molecule has 2 nitrogen and oxygen atoms in total. The lowest BCUT2D eigenvalue weighted by Crippen LogP contribution is -2.11. The molecule has 1 aromatic carbocycles. The van der Waals surface area contributed by atoms with Crippen LogP contribution in [-0.2, 0) is 6.54 Å². The lowest BCUT2D eigenvalue weighted by molar-refractivity contribution is 0.723. The molecule has 0 unspecified atom stereocenters. The Morgan fingerprint density at radius 3 is 2.94 bits per heavy atom. The van der Waals surface area contributed by atoms with Crippen LogP contribution in [-0.4, -0.2) is 11.5 Å². The molecule has 4 heteroatoms. The van der Waals surface area contributed by atoms with Gasteiger partial charge < -0.3 is 5.32 Å². The molecule has 90 valence electrons. The van der Waals surface area contributed by atoms with Crippen LogP contribution in [0.2, 0.25) is 5.02 Å². The lowest BCUT2D eigenvalue weighted by Gasteiger charge is -1.99. The minimum Gasteiger partial charge on any atom is -0.311 e. The van der Waals surface area contributed by atoms with E-state index < -0.39 is 0 Å². The van der Waals surface area contributed by atoms with E-state index in [0.717, 1.165) is 34.4 Å². The van der Waals surface area contributed by atoms with Crippen LogP contribution < -0.4 is 5.32 Å². The number of nitrogens with zero attached hydrogens (tertiary/aromatic N) is 1. The molecule has 0 amide bonds. The Hall–Kier alpha value is -0.900. The van der Waals surface area contributed by atoms with Gasteiger partial charge in [-0.3, -0.25) is 0 Å². The van der Waals surface area contributed by atoms with Crippen LogP contribution in [0, 0.1) is 6.92 Å². The molecule has 0 saturated heterocycles. The van der Waals surface area contributed by atoms with Crippen molar-refractivity contribution in [3.8, 4) is 11.3 Å². The SMILES string of the molecule is CCNCc1nc(-c2cccc(Cl)c2)c(C)s1. The normalized spacial score (nSPS) is 10.8. The number of rotatable bonds is 4. The Bertz CT molecular complexity index is 508. The zero-order chi connectivity index (χ0) is 12.3. The molecule has 1 heterocycles. The van der Waals surface area contributed by atoms with Crippen LogP contribution in [0.5, 0.6) is 0 Å². The van der Waals surface area contributed by atoms with Crippen molar-refractivity contribution in [2.24, 2.45) is 0 Å². The average molecular weight is 267 g/mol. The summed E-state index contributed by atoms with van der Waals surface area (Å²) in [6, 6.07) is 7.85. The van der Waals surface area contributed by atoms with Crippen LogP contribution in [0.4, 0.5) is 0 Å². The third-order valence-electron chi connectivity index (χ3n) is 2.47. The van der Waals surface area contributed by atoms with Gasteiger partial charge in [-0.1, -0.05) is 30.7 Å². The van der Waals surface area contributed by atoms with Crippen molar-refractivity contribution in [1.29, 1.82) is 0 Å². The molecule has 17 heavy (non-hydrogen) atoms. The minimum absolute atomic E-state index is 0.753. The molecule has 0 spiro atoms. The highest BCUT2D eigenvalue weighted by Gasteiger charge is 2.09. The number of halogens is 1. The quantitative estimate of drug-likeness (QED) is 0.908. The van der Waals surface area contributed by atoms with Crippen LogP contribution in [0.3, 0.4) is 0 Å². The van der Waals surface area contributed by atoms with Gasteiger partial charge in [0, 0.05) is 22.0 Å². The second kappa shape index (κ2) is 5.63. The first-order chi connectivity index (χ1) is 8.20. The Labute approximate surface area is 111 Å². The highest BCUT2D eigenvalue weighted by atomic mass is 35.5. The maximum Gasteiger partial charge on any atom is 0.107 e. The van der Waals surface area contributed by atoms with Crippen molar-refractivity contribution in [2.45, 2.75) is 20.4 Å². The summed E-state index contributed by atoms with van der Waals surface area (Å²) in [5.41, 5.74) is 2.14. The molecule has 2 aromatic rings. The monoisotopic (exact) mass is 266 g/mol. The number of aromatic nitrogens is 1. The molecular formula is C13H15ClN2S. The van der Waals surface area contributed by atoms with E-state index in [4.69, 9.17) is 11.6 Å². The predicted molar refractivity (Wildman–Crippen MR) is 74.7 cm³/mol. The average Bonchev–Trinajstić information content (AvgIpc) is 2.68. The molecule has 0 aliphatic heterocycles. The lowest BCUT2D eigenvalue weighted by atomic mass is 10.1. The number of benzene rings is 1. The van der Waals surface area contributed by atoms with Gasteiger partial charge in [-0.05, 0) is 25.6 Å². The van der Waals surface area contributed by atoms with Crippen LogP contribution in [0.1, 0.15) is 16.8 Å². The second-order valence-corrected chi connectivity index (χ2v) is 5.53. The van der Waals surface area contributed by atoms with Gasteiger partial charge in [-0.2, -0.15) is 0 Å². The maximum atomic E-state index is 6.00. The Kier molecular flexibility index (Phi) is 4.15. The van der Waals surface area contributed by atoms with Crippen LogP contribution in [0.15, 0.2) is 24.3 Å². The first-order valence-corrected chi connectivity index (χ1v) is 6.83. The van der Waals surface area contributed by atoms with E-state index in [1.165, 1.54) is 4.88 Å². The van der Waals surface area contributed by atoms with E-state index in [-0.39, 0.29) is 0 Å². The predicted octanol–water partition coefficient (Wildman–Crippen LogP) is 3.88. The van der Waals surface area contributed by atoms with Crippen molar-refractivity contribution in [3.63, 3.8) is 0 Å². The molecule has 1 N–H and O–H groups in total. The van der Waals surface area contributed by atoms with E-state index >= 15 is 0 Å². The third kappa shape index (κ3) is 3.06. The number of thiazole rings is 1. The molecule has 0 saturated carbocycles. The molecule has 0 aliphatic carbocycles. The van der Waals surface area contributed by atoms with Gasteiger partial charge in [0.1, 0.15) is 5.01 Å². The van der Waals surface area contributed by atoms with E-state index in [9.17, 15) is 0 Å². The molecule has 0 bridgehead atoms. The largest absolute Gasteiger partial charge is 0.311 e. The summed E-state index contributed by atoms with van der Waals surface area (Å²) in [6.07, 6.45) is 0. The summed E-state index contributed by atoms with van der Waals surface area (Å²) in [5.74, 6) is 0. The van der Waals surface area contributed by atoms with E-state index in [1.807, 2.05) is 24.3 Å². The molecule has 0 aliphatic rings. The van der Waals surface area contributed by atoms with Gasteiger partial charge in [0.2, 0.25) is 0 Å². The Balaban J connectivity index is 2.29. The molecule has 0 atom stereocenters. The minimum atomic E-state index is 0.753. The fourth-order valence-electron chi connectivity index (χ4n) is 1.66. The van der Waals surface area contributed by atoms with Crippen molar-refractivity contribution >= 4 is 22.9 Å². The van der Waals surface area contributed by atoms with Gasteiger partial charge in [0.05, 0.1) is 5.69 Å². The van der Waals surface area contributed by atoms with Crippen molar-refractivity contribution < 1.29 is 0 Å². The summed E-state index contributed by atoms with van der Waals surface area (Å²) in [4.78, 5) is 5.89. The maximum absolute atomic E-state index is 6.00. The number of hydrogen-bond acceptors (Lipinski definition) is 3. The fraction of sp³-hybridized carbons (Fsp3) is 0.308. The van der Waals surface area contributed by atoms with E-state index in [1.54, 1.807) is 11.3 Å². The van der Waals surface area contributed by atoms with Gasteiger partial charge >= 0.3 is 0 Å². The number of nitrogens with one attached hydrogen (secondary N) is 1. The number of hydrogen-bond donors (Lipinski definition) is 1. The summed E-state index contributed by atoms with van der Waals surface area (Å²) < 4.78 is 0. The summed E-state index contributed by atoms with van der Waals surface area (Å²) in [5, 5.41) is 5.17. The highest BCUT2D eigenvalue weighted by Crippen LogP contribution is 2.28. The standard InChI is InChI=1S/C13H15ClN2S/c1-3-15-8-12-16-13(9(2)17-12)10-5-4-6-11(14)7-10/h4-7,15H,3,8H2,1-2H3. The Morgan fingerprint density at radius 1 is 1.41 bits per heavy atom. The van der Waals surface area contributed by atoms with Crippen molar-refractivity contribution in [2.75, 3.05) is 6.54 Å². The van der Waals surface area contributed by atoms with Gasteiger partial charge in [0.25, 0.3) is 0 Å². The zero-order valence-corrected chi connectivity index (χ0v) is 11.5. The zero-order valence-electron chi connectivity index (χ0n) is 9.96. The van der Waals surface area contributed by atoms with Crippen molar-refractivity contribution in [3.05, 3.63) is 39.2 Å². The fourth-order valence-corrected chi connectivity index (χ4v) is 2.78. The van der Waals surface area contributed by atoms with E-state index in [2.05, 4.69) is 24.1 Å². The molecule has 1 aromatic heterocycles. The summed E-state index contributed by atoms with van der Waals surface area (Å²) in [7, 11) is 0. The smallest absolute Gasteiger partial charge is 0.107 e. The molecular weight excluding hydrogens is 252 g/mol. The number of aryl methyl sites for hydroxylation is 1. The first-order valence-electron chi connectivity index (χ1n) is 5.63. The highest BCUT2D eigenvalue weighted by molar-refractivity contribution is 7.12. The molecule has 0 fully saturated rings. The second-order valence-electron chi connectivity index (χ2n) is 3.80.